The minimum absolute atomic E-state index is 0.0881. The van der Waals surface area contributed by atoms with Crippen molar-refractivity contribution in [1.82, 2.24) is 0 Å². The summed E-state index contributed by atoms with van der Waals surface area (Å²) >= 11 is 5.60. The van der Waals surface area contributed by atoms with Gasteiger partial charge in [-0.25, -0.2) is 13.2 Å². The summed E-state index contributed by atoms with van der Waals surface area (Å²) in [5, 5.41) is 12.6. The second-order valence-corrected chi connectivity index (χ2v) is 4.59. The van der Waals surface area contributed by atoms with Crippen LogP contribution in [0.15, 0.2) is 36.4 Å². The van der Waals surface area contributed by atoms with Gasteiger partial charge >= 0.3 is 0 Å². The van der Waals surface area contributed by atoms with Crippen LogP contribution in [0.2, 0.25) is 5.02 Å². The van der Waals surface area contributed by atoms with Crippen LogP contribution in [0.4, 0.5) is 18.9 Å². The number of hydrogen-bond donors (Lipinski definition) is 2. The van der Waals surface area contributed by atoms with Crippen LogP contribution in [0.5, 0.6) is 0 Å². The van der Waals surface area contributed by atoms with Crippen molar-refractivity contribution >= 4 is 17.3 Å². The van der Waals surface area contributed by atoms with E-state index in [0.717, 1.165) is 18.2 Å². The predicted octanol–water partition coefficient (Wildman–Crippen LogP) is 3.90. The van der Waals surface area contributed by atoms with Gasteiger partial charge in [-0.3, -0.25) is 0 Å². The summed E-state index contributed by atoms with van der Waals surface area (Å²) in [5.74, 6) is -2.31. The fourth-order valence-corrected chi connectivity index (χ4v) is 1.93. The third kappa shape index (κ3) is 3.23. The first-order valence-corrected chi connectivity index (χ1v) is 6.17. The first-order valence-electron chi connectivity index (χ1n) is 5.80. The van der Waals surface area contributed by atoms with Crippen LogP contribution in [0.1, 0.15) is 11.7 Å². The number of halogens is 4. The molecule has 0 heterocycles. The maximum Gasteiger partial charge on any atom is 0.147 e. The van der Waals surface area contributed by atoms with Crippen molar-refractivity contribution in [2.45, 2.75) is 6.10 Å². The van der Waals surface area contributed by atoms with Crippen molar-refractivity contribution in [2.24, 2.45) is 0 Å². The molecule has 0 saturated heterocycles. The van der Waals surface area contributed by atoms with Crippen molar-refractivity contribution < 1.29 is 18.3 Å². The minimum Gasteiger partial charge on any atom is -0.386 e. The first-order chi connectivity index (χ1) is 9.49. The zero-order chi connectivity index (χ0) is 14.7. The summed E-state index contributed by atoms with van der Waals surface area (Å²) in [7, 11) is 0. The third-order valence-electron chi connectivity index (χ3n) is 2.75. The topological polar surface area (TPSA) is 32.3 Å². The number of aliphatic hydroxyl groups is 1. The summed E-state index contributed by atoms with van der Waals surface area (Å²) in [6.07, 6.45) is -1.44. The maximum atomic E-state index is 13.5. The number of aliphatic hydroxyl groups excluding tert-OH is 1. The van der Waals surface area contributed by atoms with E-state index in [2.05, 4.69) is 5.32 Å². The number of hydrogen-bond acceptors (Lipinski definition) is 2. The monoisotopic (exact) mass is 301 g/mol. The molecule has 6 heteroatoms. The average Bonchev–Trinajstić information content (AvgIpc) is 2.37. The van der Waals surface area contributed by atoms with Crippen molar-refractivity contribution in [3.63, 3.8) is 0 Å². The van der Waals surface area contributed by atoms with Gasteiger partial charge in [0.1, 0.15) is 23.6 Å². The van der Waals surface area contributed by atoms with Gasteiger partial charge in [0.15, 0.2) is 0 Å². The lowest BCUT2D eigenvalue weighted by Crippen LogP contribution is -2.15. The van der Waals surface area contributed by atoms with E-state index >= 15 is 0 Å². The summed E-state index contributed by atoms with van der Waals surface area (Å²) in [6, 6.07) is 7.23. The van der Waals surface area contributed by atoms with Crippen LogP contribution >= 0.6 is 11.6 Å². The maximum absolute atomic E-state index is 13.5. The molecule has 0 aliphatic rings. The summed E-state index contributed by atoms with van der Waals surface area (Å²) in [4.78, 5) is 0. The molecule has 0 aliphatic heterocycles. The van der Waals surface area contributed by atoms with E-state index in [-0.39, 0.29) is 17.3 Å². The van der Waals surface area contributed by atoms with Crippen molar-refractivity contribution in [2.75, 3.05) is 11.9 Å². The Hall–Kier alpha value is -1.72. The Labute approximate surface area is 118 Å². The van der Waals surface area contributed by atoms with E-state index in [4.69, 9.17) is 11.6 Å². The molecule has 1 atom stereocenters. The number of rotatable bonds is 4. The largest absolute Gasteiger partial charge is 0.386 e. The normalized spacial score (nSPS) is 12.2. The van der Waals surface area contributed by atoms with Gasteiger partial charge in [0.2, 0.25) is 0 Å². The van der Waals surface area contributed by atoms with Crippen LogP contribution < -0.4 is 5.32 Å². The molecule has 0 saturated carbocycles. The van der Waals surface area contributed by atoms with Gasteiger partial charge in [-0.1, -0.05) is 17.7 Å². The van der Waals surface area contributed by atoms with Crippen LogP contribution in [0.3, 0.4) is 0 Å². The van der Waals surface area contributed by atoms with E-state index in [9.17, 15) is 18.3 Å². The van der Waals surface area contributed by atoms with Gasteiger partial charge in [-0.15, -0.1) is 0 Å². The SMILES string of the molecule is OC(CNc1ccc(Cl)cc1F)c1c(F)cccc1F. The Balaban J connectivity index is 2.11. The van der Waals surface area contributed by atoms with Gasteiger partial charge in [-0.05, 0) is 30.3 Å². The zero-order valence-electron chi connectivity index (χ0n) is 10.2. The third-order valence-corrected chi connectivity index (χ3v) is 2.99. The van der Waals surface area contributed by atoms with Gasteiger partial charge in [0.25, 0.3) is 0 Å². The molecule has 1 unspecified atom stereocenters. The Morgan fingerprint density at radius 1 is 1.05 bits per heavy atom. The highest BCUT2D eigenvalue weighted by atomic mass is 35.5. The fourth-order valence-electron chi connectivity index (χ4n) is 1.77. The van der Waals surface area contributed by atoms with E-state index in [1.165, 1.54) is 18.2 Å². The lowest BCUT2D eigenvalue weighted by Gasteiger charge is -2.15. The molecule has 2 aromatic rings. The Kier molecular flexibility index (Phi) is 4.52. The van der Waals surface area contributed by atoms with Crippen LogP contribution in [-0.2, 0) is 0 Å². The second-order valence-electron chi connectivity index (χ2n) is 4.16. The van der Waals surface area contributed by atoms with Crippen LogP contribution in [0, 0.1) is 17.5 Å². The summed E-state index contributed by atoms with van der Waals surface area (Å²) < 4.78 is 40.4. The van der Waals surface area contributed by atoms with Gasteiger partial charge in [-0.2, -0.15) is 0 Å². The molecule has 0 bridgehead atoms. The molecule has 0 fully saturated rings. The number of nitrogens with one attached hydrogen (secondary N) is 1. The molecule has 2 N–H and O–H groups in total. The van der Waals surface area contributed by atoms with Crippen molar-refractivity contribution in [1.29, 1.82) is 0 Å². The highest BCUT2D eigenvalue weighted by molar-refractivity contribution is 6.30. The lowest BCUT2D eigenvalue weighted by atomic mass is 10.1. The molecule has 0 aromatic heterocycles. The Morgan fingerprint density at radius 3 is 2.30 bits per heavy atom. The van der Waals surface area contributed by atoms with Crippen LogP contribution in [0.25, 0.3) is 0 Å². The molecule has 2 aromatic carbocycles. The Bertz CT molecular complexity index is 601. The minimum atomic E-state index is -1.44. The molecule has 2 rings (SSSR count). The molecular formula is C14H11ClF3NO. The van der Waals surface area contributed by atoms with Gasteiger partial charge in [0.05, 0.1) is 11.3 Å². The molecular weight excluding hydrogens is 291 g/mol. The van der Waals surface area contributed by atoms with E-state index in [0.29, 0.717) is 0 Å². The molecule has 0 aliphatic carbocycles. The number of benzene rings is 2. The highest BCUT2D eigenvalue weighted by Gasteiger charge is 2.17. The van der Waals surface area contributed by atoms with Crippen molar-refractivity contribution in [3.05, 3.63) is 64.4 Å². The molecule has 0 amide bonds. The van der Waals surface area contributed by atoms with Gasteiger partial charge < -0.3 is 10.4 Å². The molecule has 20 heavy (non-hydrogen) atoms. The summed E-state index contributed by atoms with van der Waals surface area (Å²) in [5.41, 5.74) is -0.362. The zero-order valence-corrected chi connectivity index (χ0v) is 11.0. The highest BCUT2D eigenvalue weighted by Crippen LogP contribution is 2.23. The molecule has 0 spiro atoms. The Morgan fingerprint density at radius 2 is 1.70 bits per heavy atom. The van der Waals surface area contributed by atoms with E-state index < -0.39 is 29.1 Å². The molecule has 0 radical (unpaired) electrons. The number of anilines is 1. The van der Waals surface area contributed by atoms with Crippen LogP contribution in [-0.4, -0.2) is 11.7 Å². The molecule has 2 nitrogen and oxygen atoms in total. The smallest absolute Gasteiger partial charge is 0.147 e. The molecule has 106 valence electrons. The van der Waals surface area contributed by atoms with E-state index in [1.54, 1.807) is 0 Å². The van der Waals surface area contributed by atoms with Crippen molar-refractivity contribution in [3.8, 4) is 0 Å². The second kappa shape index (κ2) is 6.15. The fraction of sp³-hybridized carbons (Fsp3) is 0.143. The summed E-state index contributed by atoms with van der Waals surface area (Å²) in [6.45, 7) is -0.240. The standard InChI is InChI=1S/C14H11ClF3NO/c15-8-4-5-12(11(18)6-8)19-7-13(20)14-9(16)2-1-3-10(14)17/h1-6,13,19-20H,7H2. The quantitative estimate of drug-likeness (QED) is 0.897. The van der Waals surface area contributed by atoms with Gasteiger partial charge in [0, 0.05) is 11.6 Å². The average molecular weight is 302 g/mol. The predicted molar refractivity (Wildman–Crippen MR) is 71.2 cm³/mol. The first kappa shape index (κ1) is 14.7. The lowest BCUT2D eigenvalue weighted by molar-refractivity contribution is 0.181. The van der Waals surface area contributed by atoms with E-state index in [1.807, 2.05) is 0 Å².